The molecule has 0 amide bonds. The molecule has 10 aromatic rings. The Hall–Kier alpha value is -6.51. The van der Waals surface area contributed by atoms with Crippen molar-refractivity contribution in [3.8, 4) is 39.3 Å². The molecule has 2 nitrogen and oxygen atoms in total. The summed E-state index contributed by atoms with van der Waals surface area (Å²) in [6.07, 6.45) is 0. The van der Waals surface area contributed by atoms with Crippen LogP contribution in [0.2, 0.25) is 0 Å². The maximum Gasteiger partial charge on any atom is 0.0715 e. The second-order valence-corrected chi connectivity index (χ2v) is 12.7. The van der Waals surface area contributed by atoms with E-state index in [-0.39, 0.29) is 0 Å². The standard InChI is InChI=1S/C47H30N2/c1-3-15-33(16-4-1)41-29-35(30-42(48-41)34-17-5-2-6-18-34)36-21-11-23-40-39(36)22-12-24-43(40)49-44-27-25-31-13-7-9-19-37(31)46(44)47-38-20-10-8-14-32(38)26-28-45(47)49/h1-30H. The Bertz CT molecular complexity index is 2710. The summed E-state index contributed by atoms with van der Waals surface area (Å²) in [6.45, 7) is 0. The number of rotatable bonds is 4. The Kier molecular flexibility index (Phi) is 6.22. The van der Waals surface area contributed by atoms with Gasteiger partial charge in [0.25, 0.3) is 0 Å². The summed E-state index contributed by atoms with van der Waals surface area (Å²) in [4.78, 5) is 5.15. The lowest BCUT2D eigenvalue weighted by Gasteiger charge is -2.16. The third-order valence-corrected chi connectivity index (χ3v) is 9.96. The van der Waals surface area contributed by atoms with E-state index in [9.17, 15) is 0 Å². The van der Waals surface area contributed by atoms with Crippen molar-refractivity contribution in [2.24, 2.45) is 0 Å². The first kappa shape index (κ1) is 27.6. The van der Waals surface area contributed by atoms with Gasteiger partial charge < -0.3 is 4.57 Å². The van der Waals surface area contributed by atoms with Gasteiger partial charge in [-0.05, 0) is 68.4 Å². The zero-order chi connectivity index (χ0) is 32.3. The third kappa shape index (κ3) is 4.38. The van der Waals surface area contributed by atoms with Gasteiger partial charge in [0.1, 0.15) is 0 Å². The van der Waals surface area contributed by atoms with Gasteiger partial charge in [0.2, 0.25) is 0 Å². The van der Waals surface area contributed by atoms with Crippen LogP contribution in [-0.4, -0.2) is 9.55 Å². The zero-order valence-electron chi connectivity index (χ0n) is 26.7. The fraction of sp³-hybridized carbons (Fsp3) is 0. The van der Waals surface area contributed by atoms with Gasteiger partial charge >= 0.3 is 0 Å². The van der Waals surface area contributed by atoms with Crippen LogP contribution in [-0.2, 0) is 0 Å². The molecule has 0 saturated carbocycles. The molecule has 0 atom stereocenters. The van der Waals surface area contributed by atoms with Gasteiger partial charge in [-0.2, -0.15) is 0 Å². The van der Waals surface area contributed by atoms with Crippen LogP contribution in [0.1, 0.15) is 0 Å². The minimum absolute atomic E-state index is 0.964. The Morgan fingerprint density at radius 3 is 1.43 bits per heavy atom. The minimum atomic E-state index is 0.964. The van der Waals surface area contributed by atoms with Crippen molar-refractivity contribution in [1.82, 2.24) is 9.55 Å². The summed E-state index contributed by atoms with van der Waals surface area (Å²) < 4.78 is 2.48. The van der Waals surface area contributed by atoms with Crippen molar-refractivity contribution >= 4 is 54.1 Å². The molecule has 0 aliphatic rings. The highest BCUT2D eigenvalue weighted by atomic mass is 15.0. The summed E-state index contributed by atoms with van der Waals surface area (Å²) in [5.41, 5.74) is 10.1. The average Bonchev–Trinajstić information content (AvgIpc) is 3.53. The van der Waals surface area contributed by atoms with E-state index in [4.69, 9.17) is 4.98 Å². The van der Waals surface area contributed by atoms with E-state index in [2.05, 4.69) is 187 Å². The van der Waals surface area contributed by atoms with Crippen molar-refractivity contribution in [1.29, 1.82) is 0 Å². The summed E-state index contributed by atoms with van der Waals surface area (Å²) in [7, 11) is 0. The van der Waals surface area contributed by atoms with E-state index in [1.54, 1.807) is 0 Å². The number of benzene rings is 8. The molecule has 0 unspecified atom stereocenters. The Morgan fingerprint density at radius 2 is 0.837 bits per heavy atom. The molecule has 0 bridgehead atoms. The van der Waals surface area contributed by atoms with E-state index in [1.165, 1.54) is 65.4 Å². The van der Waals surface area contributed by atoms with E-state index in [0.717, 1.165) is 28.1 Å². The smallest absolute Gasteiger partial charge is 0.0715 e. The highest BCUT2D eigenvalue weighted by molar-refractivity contribution is 6.28. The third-order valence-electron chi connectivity index (χ3n) is 9.96. The zero-order valence-corrected chi connectivity index (χ0v) is 26.7. The molecule has 10 rings (SSSR count). The normalized spacial score (nSPS) is 11.7. The van der Waals surface area contributed by atoms with Gasteiger partial charge in [0, 0.05) is 27.3 Å². The van der Waals surface area contributed by atoms with Gasteiger partial charge in [-0.1, -0.05) is 152 Å². The minimum Gasteiger partial charge on any atom is -0.309 e. The quantitative estimate of drug-likeness (QED) is 0.191. The summed E-state index contributed by atoms with van der Waals surface area (Å²) in [5.74, 6) is 0. The molecule has 49 heavy (non-hydrogen) atoms. The summed E-state index contributed by atoms with van der Waals surface area (Å²) >= 11 is 0. The number of pyridine rings is 1. The first-order valence-corrected chi connectivity index (χ1v) is 16.8. The van der Waals surface area contributed by atoms with Gasteiger partial charge in [-0.25, -0.2) is 4.98 Å². The molecular weight excluding hydrogens is 593 g/mol. The predicted octanol–water partition coefficient (Wildman–Crippen LogP) is 12.6. The first-order chi connectivity index (χ1) is 24.3. The van der Waals surface area contributed by atoms with E-state index in [0.29, 0.717) is 0 Å². The van der Waals surface area contributed by atoms with Crippen LogP contribution in [0.3, 0.4) is 0 Å². The van der Waals surface area contributed by atoms with Crippen molar-refractivity contribution in [2.75, 3.05) is 0 Å². The second-order valence-electron chi connectivity index (χ2n) is 12.7. The van der Waals surface area contributed by atoms with Gasteiger partial charge in [0.15, 0.2) is 0 Å². The lowest BCUT2D eigenvalue weighted by Crippen LogP contribution is -1.96. The first-order valence-electron chi connectivity index (χ1n) is 16.8. The molecule has 0 spiro atoms. The lowest BCUT2D eigenvalue weighted by molar-refractivity contribution is 1.20. The average molecular weight is 623 g/mol. The van der Waals surface area contributed by atoms with Gasteiger partial charge in [-0.15, -0.1) is 0 Å². The monoisotopic (exact) mass is 622 g/mol. The van der Waals surface area contributed by atoms with E-state index < -0.39 is 0 Å². The van der Waals surface area contributed by atoms with E-state index >= 15 is 0 Å². The fourth-order valence-electron chi connectivity index (χ4n) is 7.75. The number of fused-ring (bicyclic) bond motifs is 8. The predicted molar refractivity (Wildman–Crippen MR) is 207 cm³/mol. The van der Waals surface area contributed by atoms with Crippen LogP contribution in [0, 0.1) is 0 Å². The number of hydrogen-bond acceptors (Lipinski definition) is 1. The summed E-state index contributed by atoms with van der Waals surface area (Å²) in [6, 6.07) is 65.6. The lowest BCUT2D eigenvalue weighted by atomic mass is 9.95. The highest BCUT2D eigenvalue weighted by Gasteiger charge is 2.19. The molecule has 0 aliphatic carbocycles. The van der Waals surface area contributed by atoms with Crippen molar-refractivity contribution < 1.29 is 0 Å². The number of nitrogens with zero attached hydrogens (tertiary/aromatic N) is 2. The topological polar surface area (TPSA) is 17.8 Å². The van der Waals surface area contributed by atoms with Crippen LogP contribution in [0.4, 0.5) is 0 Å². The molecule has 0 aliphatic heterocycles. The Morgan fingerprint density at radius 1 is 0.347 bits per heavy atom. The van der Waals surface area contributed by atoms with Crippen LogP contribution < -0.4 is 0 Å². The molecule has 0 N–H and O–H groups in total. The molecule has 2 heterocycles. The van der Waals surface area contributed by atoms with Crippen LogP contribution in [0.15, 0.2) is 182 Å². The SMILES string of the molecule is c1ccc(-c2cc(-c3cccc4c(-n5c6ccc7ccccc7c6c6c7ccccc7ccc65)cccc34)cc(-c3ccccc3)n2)cc1. The van der Waals surface area contributed by atoms with Crippen molar-refractivity contribution in [3.05, 3.63) is 182 Å². The molecule has 2 heteroatoms. The molecule has 228 valence electrons. The largest absolute Gasteiger partial charge is 0.309 e. The fourth-order valence-corrected chi connectivity index (χ4v) is 7.75. The van der Waals surface area contributed by atoms with E-state index in [1.807, 2.05) is 0 Å². The highest BCUT2D eigenvalue weighted by Crippen LogP contribution is 2.43. The molecule has 2 aromatic heterocycles. The van der Waals surface area contributed by atoms with Gasteiger partial charge in [0.05, 0.1) is 28.1 Å². The molecule has 0 saturated heterocycles. The van der Waals surface area contributed by atoms with Gasteiger partial charge in [-0.3, -0.25) is 0 Å². The van der Waals surface area contributed by atoms with Crippen molar-refractivity contribution in [2.45, 2.75) is 0 Å². The van der Waals surface area contributed by atoms with Crippen LogP contribution >= 0.6 is 0 Å². The van der Waals surface area contributed by atoms with Crippen LogP contribution in [0.25, 0.3) is 93.5 Å². The van der Waals surface area contributed by atoms with Crippen molar-refractivity contribution in [3.63, 3.8) is 0 Å². The maximum absolute atomic E-state index is 5.15. The Balaban J connectivity index is 1.27. The molecular formula is C47H30N2. The molecule has 0 fully saturated rings. The number of aromatic nitrogens is 2. The summed E-state index contributed by atoms with van der Waals surface area (Å²) in [5, 5.41) is 10.1. The number of hydrogen-bond donors (Lipinski definition) is 0. The Labute approximate surface area is 284 Å². The molecule has 8 aromatic carbocycles. The van der Waals surface area contributed by atoms with Crippen LogP contribution in [0.5, 0.6) is 0 Å². The second kappa shape index (κ2) is 11.0. The molecule has 0 radical (unpaired) electrons. The maximum atomic E-state index is 5.15.